The summed E-state index contributed by atoms with van der Waals surface area (Å²) in [5, 5.41) is 4.92. The summed E-state index contributed by atoms with van der Waals surface area (Å²) in [4.78, 5) is 35.0. The standard InChI is InChI=1S/C16H20N2O3/c1-11-6-4-2-3-5-7-12(10-11)15(20)17-13-8-9-14(19)18-16(13)21/h5,7,10,13H,1-4,6,8-9H2,(H,17,20)(H,18,19,21)/b7-5-,12-10+. The van der Waals surface area contributed by atoms with Gasteiger partial charge < -0.3 is 5.32 Å². The Morgan fingerprint density at radius 2 is 2.10 bits per heavy atom. The third-order valence-electron chi connectivity index (χ3n) is 3.58. The van der Waals surface area contributed by atoms with Crippen molar-refractivity contribution in [2.45, 2.75) is 44.6 Å². The van der Waals surface area contributed by atoms with Gasteiger partial charge in [-0.2, -0.15) is 0 Å². The Balaban J connectivity index is 2.05. The van der Waals surface area contributed by atoms with Gasteiger partial charge in [-0.1, -0.05) is 24.3 Å². The summed E-state index contributed by atoms with van der Waals surface area (Å²) in [6.45, 7) is 3.95. The smallest absolute Gasteiger partial charge is 0.251 e. The van der Waals surface area contributed by atoms with Crippen LogP contribution < -0.4 is 10.6 Å². The molecule has 21 heavy (non-hydrogen) atoms. The predicted molar refractivity (Wildman–Crippen MR) is 79.1 cm³/mol. The van der Waals surface area contributed by atoms with Crippen LogP contribution in [0, 0.1) is 0 Å². The van der Waals surface area contributed by atoms with Gasteiger partial charge in [-0.15, -0.1) is 0 Å². The molecule has 3 amide bonds. The van der Waals surface area contributed by atoms with E-state index in [9.17, 15) is 14.4 Å². The topological polar surface area (TPSA) is 75.3 Å². The summed E-state index contributed by atoms with van der Waals surface area (Å²) in [5.74, 6) is -1.03. The largest absolute Gasteiger partial charge is 0.340 e. The molecule has 1 unspecified atom stereocenters. The Morgan fingerprint density at radius 3 is 2.86 bits per heavy atom. The fourth-order valence-corrected chi connectivity index (χ4v) is 2.38. The number of hydrogen-bond acceptors (Lipinski definition) is 3. The van der Waals surface area contributed by atoms with Crippen LogP contribution >= 0.6 is 0 Å². The van der Waals surface area contributed by atoms with Gasteiger partial charge in [0.05, 0.1) is 0 Å². The molecule has 2 N–H and O–H groups in total. The molecular formula is C16H20N2O3. The Bertz CT molecular complexity index is 532. The summed E-state index contributed by atoms with van der Waals surface area (Å²) in [5.41, 5.74) is 1.42. The van der Waals surface area contributed by atoms with Crippen LogP contribution in [-0.4, -0.2) is 23.8 Å². The van der Waals surface area contributed by atoms with Gasteiger partial charge in [0, 0.05) is 12.0 Å². The van der Waals surface area contributed by atoms with Crippen molar-refractivity contribution in [3.63, 3.8) is 0 Å². The molecule has 112 valence electrons. The summed E-state index contributed by atoms with van der Waals surface area (Å²) >= 11 is 0. The molecule has 1 heterocycles. The molecule has 0 aromatic heterocycles. The number of carbonyl (C=O) groups is 3. The van der Waals surface area contributed by atoms with E-state index in [1.807, 2.05) is 6.08 Å². The fourth-order valence-electron chi connectivity index (χ4n) is 2.38. The average molecular weight is 288 g/mol. The van der Waals surface area contributed by atoms with E-state index in [0.29, 0.717) is 12.0 Å². The zero-order chi connectivity index (χ0) is 15.2. The molecule has 1 fully saturated rings. The summed E-state index contributed by atoms with van der Waals surface area (Å²) in [6.07, 6.45) is 10.0. The number of allylic oxidation sites excluding steroid dienone is 3. The Morgan fingerprint density at radius 1 is 1.29 bits per heavy atom. The Labute approximate surface area is 124 Å². The second-order valence-corrected chi connectivity index (χ2v) is 5.38. The zero-order valence-electron chi connectivity index (χ0n) is 12.0. The normalized spacial score (nSPS) is 27.5. The van der Waals surface area contributed by atoms with Crippen LogP contribution in [0.4, 0.5) is 0 Å². The Hall–Kier alpha value is -2.17. The van der Waals surface area contributed by atoms with E-state index in [1.54, 1.807) is 12.2 Å². The highest BCUT2D eigenvalue weighted by atomic mass is 16.2. The maximum atomic E-state index is 12.3. The number of hydrogen-bond donors (Lipinski definition) is 2. The molecule has 1 aliphatic heterocycles. The minimum atomic E-state index is -0.648. The zero-order valence-corrected chi connectivity index (χ0v) is 12.0. The van der Waals surface area contributed by atoms with E-state index in [1.165, 1.54) is 0 Å². The number of nitrogens with one attached hydrogen (secondary N) is 2. The first-order valence-electron chi connectivity index (χ1n) is 7.27. The monoisotopic (exact) mass is 288 g/mol. The van der Waals surface area contributed by atoms with E-state index >= 15 is 0 Å². The first-order valence-corrected chi connectivity index (χ1v) is 7.27. The van der Waals surface area contributed by atoms with Crippen LogP contribution in [0.5, 0.6) is 0 Å². The lowest BCUT2D eigenvalue weighted by Gasteiger charge is -2.22. The molecule has 2 rings (SSSR count). The van der Waals surface area contributed by atoms with E-state index in [-0.39, 0.29) is 18.2 Å². The molecule has 1 aliphatic carbocycles. The maximum absolute atomic E-state index is 12.3. The summed E-state index contributed by atoms with van der Waals surface area (Å²) < 4.78 is 0. The first kappa shape index (κ1) is 15.2. The second kappa shape index (κ2) is 7.02. The van der Waals surface area contributed by atoms with Crippen molar-refractivity contribution < 1.29 is 14.4 Å². The van der Waals surface area contributed by atoms with Crippen molar-refractivity contribution in [1.82, 2.24) is 10.6 Å². The average Bonchev–Trinajstić information content (AvgIpc) is 2.54. The van der Waals surface area contributed by atoms with Crippen molar-refractivity contribution in [1.29, 1.82) is 0 Å². The lowest BCUT2D eigenvalue weighted by atomic mass is 10.0. The lowest BCUT2D eigenvalue weighted by Crippen LogP contribution is -2.52. The Kier molecular flexibility index (Phi) is 5.09. The number of rotatable bonds is 2. The molecule has 1 atom stereocenters. The summed E-state index contributed by atoms with van der Waals surface area (Å²) in [7, 11) is 0. The van der Waals surface area contributed by atoms with Crippen molar-refractivity contribution in [3.8, 4) is 0 Å². The molecule has 0 spiro atoms. The van der Waals surface area contributed by atoms with Gasteiger partial charge in [-0.3, -0.25) is 19.7 Å². The quantitative estimate of drug-likeness (QED) is 0.756. The van der Waals surface area contributed by atoms with Gasteiger partial charge in [0.15, 0.2) is 0 Å². The minimum absolute atomic E-state index is 0.248. The van der Waals surface area contributed by atoms with Gasteiger partial charge in [0.2, 0.25) is 11.8 Å². The number of piperidine rings is 1. The van der Waals surface area contributed by atoms with Crippen LogP contribution in [0.25, 0.3) is 0 Å². The van der Waals surface area contributed by atoms with Gasteiger partial charge >= 0.3 is 0 Å². The van der Waals surface area contributed by atoms with Gasteiger partial charge in [-0.05, 0) is 38.2 Å². The first-order chi connectivity index (χ1) is 10.1. The SMILES string of the molecule is C=C1/C=C(C(=O)NC2CCC(=O)NC2=O)\C=C/CCCC1. The maximum Gasteiger partial charge on any atom is 0.251 e. The van der Waals surface area contributed by atoms with Crippen LogP contribution in [0.15, 0.2) is 36.0 Å². The highest BCUT2D eigenvalue weighted by Gasteiger charge is 2.28. The second-order valence-electron chi connectivity index (χ2n) is 5.38. The lowest BCUT2D eigenvalue weighted by molar-refractivity contribution is -0.136. The highest BCUT2D eigenvalue weighted by molar-refractivity contribution is 6.04. The molecule has 2 aliphatic rings. The molecular weight excluding hydrogens is 268 g/mol. The molecule has 0 bridgehead atoms. The van der Waals surface area contributed by atoms with Crippen molar-refractivity contribution in [2.24, 2.45) is 0 Å². The predicted octanol–water partition coefficient (Wildman–Crippen LogP) is 1.52. The van der Waals surface area contributed by atoms with E-state index < -0.39 is 11.9 Å². The number of amides is 3. The number of carbonyl (C=O) groups excluding carboxylic acids is 3. The van der Waals surface area contributed by atoms with Crippen LogP contribution in [0.2, 0.25) is 0 Å². The molecule has 0 saturated carbocycles. The van der Waals surface area contributed by atoms with E-state index in [2.05, 4.69) is 17.2 Å². The van der Waals surface area contributed by atoms with Crippen LogP contribution in [0.3, 0.4) is 0 Å². The third-order valence-corrected chi connectivity index (χ3v) is 3.58. The van der Waals surface area contributed by atoms with Crippen molar-refractivity contribution >= 4 is 17.7 Å². The molecule has 5 heteroatoms. The molecule has 5 nitrogen and oxygen atoms in total. The van der Waals surface area contributed by atoms with Gasteiger partial charge in [0.25, 0.3) is 5.91 Å². The van der Waals surface area contributed by atoms with E-state index in [4.69, 9.17) is 0 Å². The van der Waals surface area contributed by atoms with Gasteiger partial charge in [-0.25, -0.2) is 0 Å². The van der Waals surface area contributed by atoms with E-state index in [0.717, 1.165) is 31.3 Å². The third kappa shape index (κ3) is 4.41. The summed E-state index contributed by atoms with van der Waals surface area (Å²) in [6, 6.07) is -0.648. The molecule has 0 aromatic carbocycles. The molecule has 0 aromatic rings. The van der Waals surface area contributed by atoms with Crippen molar-refractivity contribution in [3.05, 3.63) is 36.0 Å². The molecule has 1 saturated heterocycles. The highest BCUT2D eigenvalue weighted by Crippen LogP contribution is 2.15. The number of imide groups is 1. The fraction of sp³-hybridized carbons (Fsp3) is 0.438. The minimum Gasteiger partial charge on any atom is -0.340 e. The molecule has 0 radical (unpaired) electrons. The van der Waals surface area contributed by atoms with Gasteiger partial charge in [0.1, 0.15) is 6.04 Å². The van der Waals surface area contributed by atoms with Crippen molar-refractivity contribution in [2.75, 3.05) is 0 Å². The van der Waals surface area contributed by atoms with Crippen LogP contribution in [0.1, 0.15) is 38.5 Å². The van der Waals surface area contributed by atoms with Crippen LogP contribution in [-0.2, 0) is 14.4 Å².